The molecule has 130 valence electrons. The van der Waals surface area contributed by atoms with Crippen LogP contribution in [0.5, 0.6) is 17.2 Å². The maximum absolute atomic E-state index is 12.0. The SMILES string of the molecule is CNC(=O)n1ccc2cc(Oc3ccnc(N)c3)c(OC(C)C)cc21. The number of amides is 1. The number of rotatable bonds is 4. The molecule has 25 heavy (non-hydrogen) atoms. The van der Waals surface area contributed by atoms with Gasteiger partial charge in [0.1, 0.15) is 11.6 Å². The summed E-state index contributed by atoms with van der Waals surface area (Å²) in [6, 6.07) is 8.61. The van der Waals surface area contributed by atoms with E-state index in [-0.39, 0.29) is 12.1 Å². The number of hydrogen-bond donors (Lipinski definition) is 2. The van der Waals surface area contributed by atoms with Crippen molar-refractivity contribution in [3.05, 3.63) is 42.7 Å². The van der Waals surface area contributed by atoms with E-state index in [2.05, 4.69) is 10.3 Å². The highest BCUT2D eigenvalue weighted by Gasteiger charge is 2.15. The van der Waals surface area contributed by atoms with Crippen LogP contribution in [0.4, 0.5) is 10.6 Å². The van der Waals surface area contributed by atoms with Crippen LogP contribution in [0.3, 0.4) is 0 Å². The van der Waals surface area contributed by atoms with Crippen LogP contribution in [-0.2, 0) is 0 Å². The first-order valence-electron chi connectivity index (χ1n) is 7.91. The van der Waals surface area contributed by atoms with Gasteiger partial charge in [0.15, 0.2) is 11.5 Å². The van der Waals surface area contributed by atoms with Crippen molar-refractivity contribution in [1.82, 2.24) is 14.9 Å². The molecule has 0 bridgehead atoms. The summed E-state index contributed by atoms with van der Waals surface area (Å²) in [5.41, 5.74) is 6.44. The van der Waals surface area contributed by atoms with Crippen molar-refractivity contribution in [3.8, 4) is 17.2 Å². The lowest BCUT2D eigenvalue weighted by molar-refractivity contribution is 0.233. The number of hydrogen-bond acceptors (Lipinski definition) is 5. The Bertz CT molecular complexity index is 918. The van der Waals surface area contributed by atoms with Crippen molar-refractivity contribution in [1.29, 1.82) is 0 Å². The standard InChI is InChI=1S/C18H20N4O3/c1-11(2)24-16-10-14-12(5-7-22(14)18(23)20-3)8-15(16)25-13-4-6-21-17(19)9-13/h4-11H,1-3H3,(H2,19,21)(H,20,23). The van der Waals surface area contributed by atoms with Gasteiger partial charge in [0.2, 0.25) is 0 Å². The number of nitrogens with zero attached hydrogens (tertiary/aromatic N) is 2. The van der Waals surface area contributed by atoms with Crippen molar-refractivity contribution in [2.75, 3.05) is 12.8 Å². The minimum Gasteiger partial charge on any atom is -0.487 e. The summed E-state index contributed by atoms with van der Waals surface area (Å²) in [6.07, 6.45) is 3.23. The predicted octanol–water partition coefficient (Wildman–Crippen LogP) is 3.39. The van der Waals surface area contributed by atoms with Crippen LogP contribution in [0.25, 0.3) is 10.9 Å². The lowest BCUT2D eigenvalue weighted by Crippen LogP contribution is -2.23. The van der Waals surface area contributed by atoms with Gasteiger partial charge in [-0.25, -0.2) is 9.78 Å². The molecule has 0 aliphatic rings. The van der Waals surface area contributed by atoms with Crippen molar-refractivity contribution >= 4 is 22.8 Å². The molecule has 0 aliphatic carbocycles. The quantitative estimate of drug-likeness (QED) is 0.759. The zero-order valence-corrected chi connectivity index (χ0v) is 14.3. The predicted molar refractivity (Wildman–Crippen MR) is 96.3 cm³/mol. The van der Waals surface area contributed by atoms with E-state index >= 15 is 0 Å². The highest BCUT2D eigenvalue weighted by atomic mass is 16.5. The first kappa shape index (κ1) is 16.6. The maximum Gasteiger partial charge on any atom is 0.325 e. The lowest BCUT2D eigenvalue weighted by atomic mass is 10.2. The lowest BCUT2D eigenvalue weighted by Gasteiger charge is -2.16. The van der Waals surface area contributed by atoms with Crippen molar-refractivity contribution < 1.29 is 14.3 Å². The van der Waals surface area contributed by atoms with Gasteiger partial charge in [0.05, 0.1) is 11.6 Å². The summed E-state index contributed by atoms with van der Waals surface area (Å²) in [5, 5.41) is 3.47. The van der Waals surface area contributed by atoms with Crippen LogP contribution in [-0.4, -0.2) is 28.7 Å². The highest BCUT2D eigenvalue weighted by molar-refractivity contribution is 5.93. The molecule has 0 aliphatic heterocycles. The Morgan fingerprint density at radius 1 is 1.24 bits per heavy atom. The van der Waals surface area contributed by atoms with Crippen molar-refractivity contribution in [3.63, 3.8) is 0 Å². The van der Waals surface area contributed by atoms with E-state index in [1.54, 1.807) is 37.6 Å². The molecule has 0 saturated heterocycles. The third-order valence-electron chi connectivity index (χ3n) is 3.53. The second-order valence-electron chi connectivity index (χ2n) is 5.78. The molecule has 0 spiro atoms. The summed E-state index contributed by atoms with van der Waals surface area (Å²) < 4.78 is 13.3. The molecule has 0 fully saturated rings. The molecule has 0 unspecified atom stereocenters. The normalized spacial score (nSPS) is 10.9. The van der Waals surface area contributed by atoms with Crippen molar-refractivity contribution in [2.45, 2.75) is 20.0 Å². The van der Waals surface area contributed by atoms with E-state index in [0.717, 1.165) is 10.9 Å². The number of pyridine rings is 1. The van der Waals surface area contributed by atoms with E-state index in [9.17, 15) is 4.79 Å². The summed E-state index contributed by atoms with van der Waals surface area (Å²) >= 11 is 0. The third kappa shape index (κ3) is 3.50. The minimum absolute atomic E-state index is 0.0503. The van der Waals surface area contributed by atoms with Crippen molar-refractivity contribution in [2.24, 2.45) is 0 Å². The fraction of sp³-hybridized carbons (Fsp3) is 0.222. The molecule has 3 aromatic rings. The number of nitrogens with one attached hydrogen (secondary N) is 1. The molecule has 1 amide bonds. The molecular weight excluding hydrogens is 320 g/mol. The molecule has 2 aromatic heterocycles. The van der Waals surface area contributed by atoms with E-state index < -0.39 is 0 Å². The van der Waals surface area contributed by atoms with Gasteiger partial charge in [-0.15, -0.1) is 0 Å². The molecule has 2 heterocycles. The Morgan fingerprint density at radius 3 is 2.72 bits per heavy atom. The van der Waals surface area contributed by atoms with Crippen LogP contribution in [0.15, 0.2) is 42.7 Å². The number of carbonyl (C=O) groups excluding carboxylic acids is 1. The summed E-state index contributed by atoms with van der Waals surface area (Å²) in [4.78, 5) is 15.9. The van der Waals surface area contributed by atoms with Gasteiger partial charge in [-0.05, 0) is 32.0 Å². The number of ether oxygens (including phenoxy) is 2. The van der Waals surface area contributed by atoms with E-state index in [1.807, 2.05) is 26.0 Å². The Morgan fingerprint density at radius 2 is 2.04 bits per heavy atom. The fourth-order valence-corrected chi connectivity index (χ4v) is 2.48. The number of benzene rings is 1. The third-order valence-corrected chi connectivity index (χ3v) is 3.53. The fourth-order valence-electron chi connectivity index (χ4n) is 2.48. The van der Waals surface area contributed by atoms with Crippen LogP contribution in [0.1, 0.15) is 13.8 Å². The van der Waals surface area contributed by atoms with Gasteiger partial charge < -0.3 is 20.5 Å². The van der Waals surface area contributed by atoms with E-state index in [0.29, 0.717) is 23.1 Å². The van der Waals surface area contributed by atoms with Gasteiger partial charge in [-0.1, -0.05) is 0 Å². The second kappa shape index (κ2) is 6.72. The molecule has 3 rings (SSSR count). The summed E-state index contributed by atoms with van der Waals surface area (Å²) in [7, 11) is 1.59. The zero-order valence-electron chi connectivity index (χ0n) is 14.3. The molecule has 0 atom stereocenters. The van der Waals surface area contributed by atoms with Gasteiger partial charge in [0.25, 0.3) is 0 Å². The summed E-state index contributed by atoms with van der Waals surface area (Å²) in [6.45, 7) is 3.85. The average molecular weight is 340 g/mol. The largest absolute Gasteiger partial charge is 0.487 e. The number of nitrogens with two attached hydrogens (primary N) is 1. The number of nitrogen functional groups attached to an aromatic ring is 1. The number of fused-ring (bicyclic) bond motifs is 1. The van der Waals surface area contributed by atoms with Gasteiger partial charge in [-0.2, -0.15) is 0 Å². The average Bonchev–Trinajstić information content (AvgIpc) is 2.96. The maximum atomic E-state index is 12.0. The zero-order chi connectivity index (χ0) is 18.0. The second-order valence-corrected chi connectivity index (χ2v) is 5.78. The smallest absolute Gasteiger partial charge is 0.325 e. The first-order valence-corrected chi connectivity index (χ1v) is 7.91. The van der Waals surface area contributed by atoms with Crippen LogP contribution < -0.4 is 20.5 Å². The monoisotopic (exact) mass is 340 g/mol. The Labute approximate surface area is 145 Å². The van der Waals surface area contributed by atoms with Gasteiger partial charge in [-0.3, -0.25) is 4.57 Å². The molecule has 0 radical (unpaired) electrons. The van der Waals surface area contributed by atoms with E-state index in [4.69, 9.17) is 15.2 Å². The highest BCUT2D eigenvalue weighted by Crippen LogP contribution is 2.37. The Balaban J connectivity index is 2.08. The summed E-state index contributed by atoms with van der Waals surface area (Å²) in [5.74, 6) is 2.02. The molecule has 1 aromatic carbocycles. The first-order chi connectivity index (χ1) is 12.0. The molecule has 0 saturated carbocycles. The van der Waals surface area contributed by atoms with Gasteiger partial charge in [0, 0.05) is 37.0 Å². The Hall–Kier alpha value is -3.22. The topological polar surface area (TPSA) is 91.4 Å². The number of carbonyl (C=O) groups is 1. The van der Waals surface area contributed by atoms with Gasteiger partial charge >= 0.3 is 6.03 Å². The Kier molecular flexibility index (Phi) is 4.47. The number of aromatic nitrogens is 2. The van der Waals surface area contributed by atoms with Crippen LogP contribution >= 0.6 is 0 Å². The molecular formula is C18H20N4O3. The number of anilines is 1. The van der Waals surface area contributed by atoms with E-state index in [1.165, 1.54) is 4.57 Å². The molecule has 7 heteroatoms. The minimum atomic E-state index is -0.221. The van der Waals surface area contributed by atoms with Crippen LogP contribution in [0, 0.1) is 0 Å². The van der Waals surface area contributed by atoms with Crippen LogP contribution in [0.2, 0.25) is 0 Å². The molecule has 7 nitrogen and oxygen atoms in total. The molecule has 3 N–H and O–H groups in total.